The van der Waals surface area contributed by atoms with E-state index in [1.165, 1.54) is 0 Å². The van der Waals surface area contributed by atoms with E-state index in [4.69, 9.17) is 4.74 Å². The standard InChI is InChI=1S/C15H18BrNO3/c1-10-8-17(6-5-13(10)18)9-14(19)11-3-4-15(20-2)12(16)7-11/h3-4,7,10H,5-6,8-9H2,1-2H3. The summed E-state index contributed by atoms with van der Waals surface area (Å²) in [5.41, 5.74) is 0.655. The highest BCUT2D eigenvalue weighted by Crippen LogP contribution is 2.26. The third-order valence-corrected chi connectivity index (χ3v) is 4.22. The molecule has 1 aliphatic rings. The minimum absolute atomic E-state index is 0.0270. The van der Waals surface area contributed by atoms with Gasteiger partial charge in [0.25, 0.3) is 0 Å². The number of methoxy groups -OCH3 is 1. The number of carbonyl (C=O) groups excluding carboxylic acids is 2. The number of carbonyl (C=O) groups is 2. The van der Waals surface area contributed by atoms with E-state index in [-0.39, 0.29) is 11.7 Å². The fraction of sp³-hybridized carbons (Fsp3) is 0.467. The van der Waals surface area contributed by atoms with Crippen molar-refractivity contribution in [3.63, 3.8) is 0 Å². The molecule has 0 saturated carbocycles. The van der Waals surface area contributed by atoms with Gasteiger partial charge in [-0.05, 0) is 34.1 Å². The van der Waals surface area contributed by atoms with Crippen molar-refractivity contribution in [3.05, 3.63) is 28.2 Å². The molecule has 1 saturated heterocycles. The van der Waals surface area contributed by atoms with Gasteiger partial charge in [0.1, 0.15) is 11.5 Å². The van der Waals surface area contributed by atoms with Crippen LogP contribution in [0.15, 0.2) is 22.7 Å². The quantitative estimate of drug-likeness (QED) is 0.791. The number of benzene rings is 1. The molecule has 0 spiro atoms. The van der Waals surface area contributed by atoms with Crippen LogP contribution in [0.1, 0.15) is 23.7 Å². The molecule has 1 aliphatic heterocycles. The molecule has 0 N–H and O–H groups in total. The average molecular weight is 340 g/mol. The Balaban J connectivity index is 2.01. The highest BCUT2D eigenvalue weighted by atomic mass is 79.9. The van der Waals surface area contributed by atoms with Crippen molar-refractivity contribution in [2.45, 2.75) is 13.3 Å². The summed E-state index contributed by atoms with van der Waals surface area (Å²) in [6, 6.07) is 5.32. The van der Waals surface area contributed by atoms with Gasteiger partial charge in [0.2, 0.25) is 0 Å². The topological polar surface area (TPSA) is 46.6 Å². The van der Waals surface area contributed by atoms with Gasteiger partial charge in [-0.15, -0.1) is 0 Å². The van der Waals surface area contributed by atoms with Crippen LogP contribution in [0.3, 0.4) is 0 Å². The number of piperidine rings is 1. The van der Waals surface area contributed by atoms with Crippen molar-refractivity contribution < 1.29 is 14.3 Å². The van der Waals surface area contributed by atoms with Gasteiger partial charge < -0.3 is 4.74 Å². The fourth-order valence-electron chi connectivity index (χ4n) is 2.37. The molecule has 0 bridgehead atoms. The number of ketones is 2. The van der Waals surface area contributed by atoms with Gasteiger partial charge in [-0.3, -0.25) is 14.5 Å². The van der Waals surface area contributed by atoms with E-state index in [9.17, 15) is 9.59 Å². The average Bonchev–Trinajstić information content (AvgIpc) is 2.42. The SMILES string of the molecule is COc1ccc(C(=O)CN2CCC(=O)C(C)C2)cc1Br. The summed E-state index contributed by atoms with van der Waals surface area (Å²) in [4.78, 5) is 25.8. The monoisotopic (exact) mass is 339 g/mol. The Bertz CT molecular complexity index is 530. The van der Waals surface area contributed by atoms with Gasteiger partial charge in [-0.25, -0.2) is 0 Å². The molecule has 0 aromatic heterocycles. The highest BCUT2D eigenvalue weighted by Gasteiger charge is 2.25. The minimum atomic E-state index is 0.0270. The highest BCUT2D eigenvalue weighted by molar-refractivity contribution is 9.10. The summed E-state index contributed by atoms with van der Waals surface area (Å²) >= 11 is 3.38. The van der Waals surface area contributed by atoms with E-state index < -0.39 is 0 Å². The first-order valence-corrected chi connectivity index (χ1v) is 7.42. The minimum Gasteiger partial charge on any atom is -0.496 e. The van der Waals surface area contributed by atoms with Crippen molar-refractivity contribution in [2.24, 2.45) is 5.92 Å². The van der Waals surface area contributed by atoms with Crippen molar-refractivity contribution in [1.82, 2.24) is 4.90 Å². The third-order valence-electron chi connectivity index (χ3n) is 3.60. The Kier molecular flexibility index (Phi) is 4.94. The molecule has 0 amide bonds. The smallest absolute Gasteiger partial charge is 0.176 e. The lowest BCUT2D eigenvalue weighted by molar-refractivity contribution is -0.125. The number of Topliss-reactive ketones (excluding diaryl/α,β-unsaturated/α-hetero) is 2. The van der Waals surface area contributed by atoms with Crippen LogP contribution in [0.4, 0.5) is 0 Å². The maximum absolute atomic E-state index is 12.3. The Morgan fingerprint density at radius 1 is 1.50 bits per heavy atom. The van der Waals surface area contributed by atoms with Crippen LogP contribution >= 0.6 is 15.9 Å². The lowest BCUT2D eigenvalue weighted by atomic mass is 9.98. The van der Waals surface area contributed by atoms with Gasteiger partial charge in [0.15, 0.2) is 5.78 Å². The fourth-order valence-corrected chi connectivity index (χ4v) is 2.91. The predicted octanol–water partition coefficient (Wildman–Crippen LogP) is 2.55. The second kappa shape index (κ2) is 6.50. The van der Waals surface area contributed by atoms with Crippen LogP contribution in [-0.4, -0.2) is 43.2 Å². The number of hydrogen-bond donors (Lipinski definition) is 0. The lowest BCUT2D eigenvalue weighted by Gasteiger charge is -2.29. The molecule has 5 heteroatoms. The zero-order chi connectivity index (χ0) is 14.7. The second-order valence-corrected chi connectivity index (χ2v) is 5.98. The number of likely N-dealkylation sites (tertiary alicyclic amines) is 1. The Hall–Kier alpha value is -1.20. The van der Waals surface area contributed by atoms with E-state index in [2.05, 4.69) is 15.9 Å². The maximum atomic E-state index is 12.3. The molecule has 0 aliphatic carbocycles. The van der Waals surface area contributed by atoms with Crippen LogP contribution in [0.25, 0.3) is 0 Å². The van der Waals surface area contributed by atoms with E-state index >= 15 is 0 Å². The number of rotatable bonds is 4. The maximum Gasteiger partial charge on any atom is 0.176 e. The molecule has 1 aromatic carbocycles. The summed E-state index contributed by atoms with van der Waals surface area (Å²) in [6.45, 7) is 3.62. The van der Waals surface area contributed by atoms with Gasteiger partial charge in [-0.2, -0.15) is 0 Å². The van der Waals surface area contributed by atoms with Crippen molar-refractivity contribution >= 4 is 27.5 Å². The molecule has 1 fully saturated rings. The molecule has 1 aromatic rings. The van der Waals surface area contributed by atoms with E-state index in [0.29, 0.717) is 43.2 Å². The first-order valence-electron chi connectivity index (χ1n) is 6.63. The molecule has 4 nitrogen and oxygen atoms in total. The normalized spacial score (nSPS) is 19.9. The molecule has 2 rings (SSSR count). The molecule has 1 atom stereocenters. The molecule has 108 valence electrons. The van der Waals surface area contributed by atoms with Gasteiger partial charge in [-0.1, -0.05) is 6.92 Å². The van der Waals surface area contributed by atoms with Crippen LogP contribution in [-0.2, 0) is 4.79 Å². The molecule has 0 radical (unpaired) electrons. The third kappa shape index (κ3) is 3.46. The van der Waals surface area contributed by atoms with Crippen molar-refractivity contribution in [3.8, 4) is 5.75 Å². The van der Waals surface area contributed by atoms with Crippen molar-refractivity contribution in [1.29, 1.82) is 0 Å². The van der Waals surface area contributed by atoms with E-state index in [0.717, 1.165) is 4.47 Å². The van der Waals surface area contributed by atoms with Crippen molar-refractivity contribution in [2.75, 3.05) is 26.7 Å². The van der Waals surface area contributed by atoms with Crippen LogP contribution in [0.2, 0.25) is 0 Å². The van der Waals surface area contributed by atoms with Gasteiger partial charge in [0, 0.05) is 31.0 Å². The van der Waals surface area contributed by atoms with Crippen LogP contribution in [0.5, 0.6) is 5.75 Å². The first kappa shape index (κ1) is 15.2. The Morgan fingerprint density at radius 3 is 2.85 bits per heavy atom. The largest absolute Gasteiger partial charge is 0.496 e. The number of halogens is 1. The number of ether oxygens (including phenoxy) is 1. The summed E-state index contributed by atoms with van der Waals surface area (Å²) in [5.74, 6) is 1.09. The molecular formula is C15H18BrNO3. The summed E-state index contributed by atoms with van der Waals surface area (Å²) < 4.78 is 5.92. The number of hydrogen-bond acceptors (Lipinski definition) is 4. The zero-order valence-corrected chi connectivity index (χ0v) is 13.3. The van der Waals surface area contributed by atoms with E-state index in [1.54, 1.807) is 25.3 Å². The Morgan fingerprint density at radius 2 is 2.25 bits per heavy atom. The molecule has 20 heavy (non-hydrogen) atoms. The lowest BCUT2D eigenvalue weighted by Crippen LogP contribution is -2.42. The van der Waals surface area contributed by atoms with Gasteiger partial charge >= 0.3 is 0 Å². The summed E-state index contributed by atoms with van der Waals surface area (Å²) in [5, 5.41) is 0. The molecule has 1 unspecified atom stereocenters. The number of nitrogens with zero attached hydrogens (tertiary/aromatic N) is 1. The molecular weight excluding hydrogens is 322 g/mol. The Labute approximate surface area is 127 Å². The van der Waals surface area contributed by atoms with E-state index in [1.807, 2.05) is 11.8 Å². The van der Waals surface area contributed by atoms with Crippen LogP contribution < -0.4 is 4.74 Å². The predicted molar refractivity (Wildman–Crippen MR) is 80.3 cm³/mol. The summed E-state index contributed by atoms with van der Waals surface area (Å²) in [6.07, 6.45) is 0.542. The van der Waals surface area contributed by atoms with Crippen LogP contribution in [0, 0.1) is 5.92 Å². The first-order chi connectivity index (χ1) is 9.51. The molecule has 1 heterocycles. The second-order valence-electron chi connectivity index (χ2n) is 5.12. The zero-order valence-electron chi connectivity index (χ0n) is 11.7. The van der Waals surface area contributed by atoms with Gasteiger partial charge in [0.05, 0.1) is 18.1 Å². The summed E-state index contributed by atoms with van der Waals surface area (Å²) in [7, 11) is 1.59.